The maximum Gasteiger partial charge on any atom is 0.179 e. The van der Waals surface area contributed by atoms with Gasteiger partial charge in [0.1, 0.15) is 13.2 Å². The van der Waals surface area contributed by atoms with Crippen LogP contribution in [0.4, 0.5) is 5.69 Å². The van der Waals surface area contributed by atoms with Gasteiger partial charge in [0.05, 0.1) is 16.9 Å². The number of hydrogen-bond acceptors (Lipinski definition) is 4. The highest BCUT2D eigenvalue weighted by atomic mass is 35.5. The van der Waals surface area contributed by atoms with Crippen molar-refractivity contribution in [1.29, 1.82) is 0 Å². The molecule has 0 aliphatic carbocycles. The standard InChI is InChI=1S/C15H18ClN3O2/c1-10(2)19-9-12(8-18-19)17-7-11-5-13(16)15-14(6-11)20-3-4-21-15/h5-6,8-10,17H,3-4,7H2,1-2H3. The van der Waals surface area contributed by atoms with Crippen molar-refractivity contribution in [3.8, 4) is 11.5 Å². The number of anilines is 1. The van der Waals surface area contributed by atoms with E-state index < -0.39 is 0 Å². The summed E-state index contributed by atoms with van der Waals surface area (Å²) >= 11 is 6.23. The Kier molecular flexibility index (Phi) is 3.92. The van der Waals surface area contributed by atoms with Crippen LogP contribution in [0.15, 0.2) is 24.5 Å². The summed E-state index contributed by atoms with van der Waals surface area (Å²) in [6.45, 7) is 5.94. The van der Waals surface area contributed by atoms with E-state index in [1.165, 1.54) is 0 Å². The minimum absolute atomic E-state index is 0.351. The van der Waals surface area contributed by atoms with E-state index in [2.05, 4.69) is 24.3 Å². The molecule has 1 N–H and O–H groups in total. The molecule has 0 radical (unpaired) electrons. The second kappa shape index (κ2) is 5.85. The first-order chi connectivity index (χ1) is 10.1. The summed E-state index contributed by atoms with van der Waals surface area (Å²) in [6.07, 6.45) is 3.81. The van der Waals surface area contributed by atoms with E-state index in [1.807, 2.05) is 29.2 Å². The molecule has 3 rings (SSSR count). The Hall–Kier alpha value is -1.88. The highest BCUT2D eigenvalue weighted by Crippen LogP contribution is 2.38. The van der Waals surface area contributed by atoms with E-state index >= 15 is 0 Å². The Morgan fingerprint density at radius 3 is 2.90 bits per heavy atom. The van der Waals surface area contributed by atoms with Crippen molar-refractivity contribution >= 4 is 17.3 Å². The highest BCUT2D eigenvalue weighted by Gasteiger charge is 2.16. The predicted molar refractivity (Wildman–Crippen MR) is 82.4 cm³/mol. The van der Waals surface area contributed by atoms with Gasteiger partial charge in [-0.1, -0.05) is 11.6 Å². The lowest BCUT2D eigenvalue weighted by Crippen LogP contribution is -2.16. The molecule has 0 saturated heterocycles. The normalized spacial score (nSPS) is 13.5. The van der Waals surface area contributed by atoms with Crippen molar-refractivity contribution in [1.82, 2.24) is 9.78 Å². The lowest BCUT2D eigenvalue weighted by atomic mass is 10.2. The average Bonchev–Trinajstić information content (AvgIpc) is 2.94. The van der Waals surface area contributed by atoms with Crippen LogP contribution in [0.2, 0.25) is 5.02 Å². The molecule has 2 aromatic rings. The molecule has 0 atom stereocenters. The summed E-state index contributed by atoms with van der Waals surface area (Å²) in [4.78, 5) is 0. The molecule has 5 nitrogen and oxygen atoms in total. The van der Waals surface area contributed by atoms with Gasteiger partial charge in [-0.05, 0) is 31.5 Å². The van der Waals surface area contributed by atoms with E-state index in [0.717, 1.165) is 11.3 Å². The van der Waals surface area contributed by atoms with E-state index in [9.17, 15) is 0 Å². The fourth-order valence-electron chi connectivity index (χ4n) is 2.18. The number of ether oxygens (including phenoxy) is 2. The van der Waals surface area contributed by atoms with Gasteiger partial charge in [-0.15, -0.1) is 0 Å². The van der Waals surface area contributed by atoms with Crippen LogP contribution in [-0.4, -0.2) is 23.0 Å². The molecule has 1 aromatic heterocycles. The van der Waals surface area contributed by atoms with Gasteiger partial charge in [0, 0.05) is 18.8 Å². The van der Waals surface area contributed by atoms with Gasteiger partial charge in [0.15, 0.2) is 11.5 Å². The summed E-state index contributed by atoms with van der Waals surface area (Å²) in [7, 11) is 0. The topological polar surface area (TPSA) is 48.3 Å². The average molecular weight is 308 g/mol. The Bertz CT molecular complexity index is 640. The van der Waals surface area contributed by atoms with Gasteiger partial charge in [-0.2, -0.15) is 5.10 Å². The molecule has 0 unspecified atom stereocenters. The van der Waals surface area contributed by atoms with Crippen LogP contribution in [0.3, 0.4) is 0 Å². The number of aromatic nitrogens is 2. The van der Waals surface area contributed by atoms with Crippen molar-refractivity contribution in [2.24, 2.45) is 0 Å². The molecule has 0 bridgehead atoms. The van der Waals surface area contributed by atoms with Crippen molar-refractivity contribution < 1.29 is 9.47 Å². The minimum Gasteiger partial charge on any atom is -0.486 e. The van der Waals surface area contributed by atoms with E-state index in [0.29, 0.717) is 42.3 Å². The summed E-state index contributed by atoms with van der Waals surface area (Å²) < 4.78 is 13.0. The zero-order chi connectivity index (χ0) is 14.8. The number of nitrogens with one attached hydrogen (secondary N) is 1. The van der Waals surface area contributed by atoms with Gasteiger partial charge >= 0.3 is 0 Å². The summed E-state index contributed by atoms with van der Waals surface area (Å²) in [5, 5.41) is 8.22. The second-order valence-corrected chi connectivity index (χ2v) is 5.67. The summed E-state index contributed by atoms with van der Waals surface area (Å²) in [6, 6.07) is 4.21. The molecule has 1 aromatic carbocycles. The van der Waals surface area contributed by atoms with Crippen molar-refractivity contribution in [3.63, 3.8) is 0 Å². The molecule has 0 amide bonds. The van der Waals surface area contributed by atoms with Gasteiger partial charge in [0.25, 0.3) is 0 Å². The predicted octanol–water partition coefficient (Wildman–Crippen LogP) is 3.50. The molecule has 112 valence electrons. The van der Waals surface area contributed by atoms with Gasteiger partial charge < -0.3 is 14.8 Å². The van der Waals surface area contributed by atoms with Crippen LogP contribution in [0.1, 0.15) is 25.5 Å². The largest absolute Gasteiger partial charge is 0.486 e. The Morgan fingerprint density at radius 1 is 1.33 bits per heavy atom. The molecule has 1 aliphatic heterocycles. The van der Waals surface area contributed by atoms with Gasteiger partial charge in [-0.3, -0.25) is 4.68 Å². The third-order valence-corrected chi connectivity index (χ3v) is 3.56. The van der Waals surface area contributed by atoms with Crippen LogP contribution < -0.4 is 14.8 Å². The summed E-state index contributed by atoms with van der Waals surface area (Å²) in [5.41, 5.74) is 2.02. The Balaban J connectivity index is 1.71. The lowest BCUT2D eigenvalue weighted by Gasteiger charge is -2.20. The van der Waals surface area contributed by atoms with E-state index in [4.69, 9.17) is 21.1 Å². The third-order valence-electron chi connectivity index (χ3n) is 3.28. The SMILES string of the molecule is CC(C)n1cc(NCc2cc(Cl)c3c(c2)OCCO3)cn1. The second-order valence-electron chi connectivity index (χ2n) is 5.26. The fraction of sp³-hybridized carbons (Fsp3) is 0.400. The number of nitrogens with zero attached hydrogens (tertiary/aromatic N) is 2. The zero-order valence-electron chi connectivity index (χ0n) is 12.1. The van der Waals surface area contributed by atoms with Crippen LogP contribution >= 0.6 is 11.6 Å². The maximum absolute atomic E-state index is 6.23. The van der Waals surface area contributed by atoms with Crippen molar-refractivity contribution in [2.45, 2.75) is 26.4 Å². The lowest BCUT2D eigenvalue weighted by molar-refractivity contribution is 0.171. The monoisotopic (exact) mass is 307 g/mol. The van der Waals surface area contributed by atoms with E-state index in [1.54, 1.807) is 0 Å². The van der Waals surface area contributed by atoms with Crippen LogP contribution in [0, 0.1) is 0 Å². The van der Waals surface area contributed by atoms with E-state index in [-0.39, 0.29) is 0 Å². The number of benzene rings is 1. The molecular formula is C15H18ClN3O2. The minimum atomic E-state index is 0.351. The molecule has 21 heavy (non-hydrogen) atoms. The Morgan fingerprint density at radius 2 is 2.14 bits per heavy atom. The third kappa shape index (κ3) is 3.08. The van der Waals surface area contributed by atoms with Crippen LogP contribution in [0.5, 0.6) is 11.5 Å². The molecule has 0 saturated carbocycles. The zero-order valence-corrected chi connectivity index (χ0v) is 12.9. The fourth-order valence-corrected chi connectivity index (χ4v) is 2.47. The van der Waals surface area contributed by atoms with Crippen molar-refractivity contribution in [3.05, 3.63) is 35.1 Å². The number of rotatable bonds is 4. The van der Waals surface area contributed by atoms with Gasteiger partial charge in [-0.25, -0.2) is 0 Å². The first-order valence-corrected chi connectivity index (χ1v) is 7.37. The van der Waals surface area contributed by atoms with Crippen LogP contribution in [0.25, 0.3) is 0 Å². The number of fused-ring (bicyclic) bond motifs is 1. The smallest absolute Gasteiger partial charge is 0.179 e. The summed E-state index contributed by atoms with van der Waals surface area (Å²) in [5.74, 6) is 1.35. The number of hydrogen-bond donors (Lipinski definition) is 1. The number of halogens is 1. The first kappa shape index (κ1) is 14.1. The molecular weight excluding hydrogens is 290 g/mol. The maximum atomic E-state index is 6.23. The molecule has 6 heteroatoms. The van der Waals surface area contributed by atoms with Gasteiger partial charge in [0.2, 0.25) is 0 Å². The molecule has 1 aliphatic rings. The van der Waals surface area contributed by atoms with Crippen LogP contribution in [-0.2, 0) is 6.54 Å². The molecule has 0 spiro atoms. The highest BCUT2D eigenvalue weighted by molar-refractivity contribution is 6.32. The Labute approximate surface area is 128 Å². The quantitative estimate of drug-likeness (QED) is 0.939. The molecule has 0 fully saturated rings. The van der Waals surface area contributed by atoms with Crippen molar-refractivity contribution in [2.75, 3.05) is 18.5 Å². The first-order valence-electron chi connectivity index (χ1n) is 6.99. The molecule has 2 heterocycles.